The fourth-order valence-electron chi connectivity index (χ4n) is 2.64. The van der Waals surface area contributed by atoms with Crippen molar-refractivity contribution in [3.63, 3.8) is 0 Å². The normalized spacial score (nSPS) is 19.4. The summed E-state index contributed by atoms with van der Waals surface area (Å²) in [6.45, 7) is 1.99. The number of aryl methyl sites for hydroxylation is 1. The van der Waals surface area contributed by atoms with Gasteiger partial charge in [-0.2, -0.15) is 0 Å². The number of fused-ring (bicyclic) bond motifs is 1. The highest BCUT2D eigenvalue weighted by molar-refractivity contribution is 5.37. The Morgan fingerprint density at radius 3 is 3.00 bits per heavy atom. The summed E-state index contributed by atoms with van der Waals surface area (Å²) in [6.07, 6.45) is 3.43. The fourth-order valence-corrected chi connectivity index (χ4v) is 2.64. The van der Waals surface area contributed by atoms with E-state index in [0.717, 1.165) is 12.8 Å². The van der Waals surface area contributed by atoms with E-state index in [2.05, 4.69) is 45.1 Å². The summed E-state index contributed by atoms with van der Waals surface area (Å²) in [5.41, 5.74) is 2.76. The number of benzene rings is 1. The number of hydrogen-bond acceptors (Lipinski definition) is 5. The molecule has 5 nitrogen and oxygen atoms in total. The maximum atomic E-state index is 5.66. The van der Waals surface area contributed by atoms with Gasteiger partial charge in [-0.3, -0.25) is 0 Å². The van der Waals surface area contributed by atoms with Gasteiger partial charge in [0.15, 0.2) is 0 Å². The second-order valence-electron chi connectivity index (χ2n) is 5.24. The van der Waals surface area contributed by atoms with Crippen LogP contribution < -0.4 is 10.6 Å². The molecule has 0 saturated heterocycles. The van der Waals surface area contributed by atoms with E-state index in [1.54, 1.807) is 0 Å². The van der Waals surface area contributed by atoms with Gasteiger partial charge in [-0.05, 0) is 44.4 Å². The summed E-state index contributed by atoms with van der Waals surface area (Å²) in [7, 11) is 1.87. The SMILES string of the molecule is CNC(C)c1nnc(NC2CCCc3ccccc32)o1. The van der Waals surface area contributed by atoms with Gasteiger partial charge in [-0.25, -0.2) is 0 Å². The molecule has 1 aliphatic rings. The van der Waals surface area contributed by atoms with Crippen molar-refractivity contribution in [3.05, 3.63) is 41.3 Å². The Kier molecular flexibility index (Phi) is 3.69. The van der Waals surface area contributed by atoms with Crippen LogP contribution in [0.15, 0.2) is 28.7 Å². The summed E-state index contributed by atoms with van der Waals surface area (Å²) < 4.78 is 5.66. The van der Waals surface area contributed by atoms with Crippen LogP contribution in [0.2, 0.25) is 0 Å². The second kappa shape index (κ2) is 5.63. The highest BCUT2D eigenvalue weighted by Crippen LogP contribution is 2.32. The van der Waals surface area contributed by atoms with Gasteiger partial charge in [-0.15, -0.1) is 5.10 Å². The van der Waals surface area contributed by atoms with Crippen molar-refractivity contribution in [2.45, 2.75) is 38.3 Å². The van der Waals surface area contributed by atoms with Gasteiger partial charge < -0.3 is 15.1 Å². The Hall–Kier alpha value is -1.88. The zero-order valence-corrected chi connectivity index (χ0v) is 11.9. The zero-order chi connectivity index (χ0) is 13.9. The molecule has 0 radical (unpaired) electrons. The average Bonchev–Trinajstić information content (AvgIpc) is 2.95. The van der Waals surface area contributed by atoms with Crippen molar-refractivity contribution in [1.82, 2.24) is 15.5 Å². The molecule has 2 N–H and O–H groups in total. The predicted molar refractivity (Wildman–Crippen MR) is 77.5 cm³/mol. The van der Waals surface area contributed by atoms with Crippen LogP contribution in [-0.2, 0) is 6.42 Å². The van der Waals surface area contributed by atoms with Crippen molar-refractivity contribution in [2.75, 3.05) is 12.4 Å². The number of nitrogens with one attached hydrogen (secondary N) is 2. The lowest BCUT2D eigenvalue weighted by atomic mass is 9.88. The Bertz CT molecular complexity index is 581. The second-order valence-corrected chi connectivity index (χ2v) is 5.24. The fraction of sp³-hybridized carbons (Fsp3) is 0.467. The molecular weight excluding hydrogens is 252 g/mol. The van der Waals surface area contributed by atoms with Crippen molar-refractivity contribution in [1.29, 1.82) is 0 Å². The summed E-state index contributed by atoms with van der Waals surface area (Å²) in [4.78, 5) is 0. The first-order valence-electron chi connectivity index (χ1n) is 7.13. The van der Waals surface area contributed by atoms with Crippen LogP contribution in [0, 0.1) is 0 Å². The first kappa shape index (κ1) is 13.1. The topological polar surface area (TPSA) is 63.0 Å². The average molecular weight is 272 g/mol. The van der Waals surface area contributed by atoms with Gasteiger partial charge in [0.05, 0.1) is 12.1 Å². The minimum Gasteiger partial charge on any atom is -0.406 e. The summed E-state index contributed by atoms with van der Waals surface area (Å²) >= 11 is 0. The lowest BCUT2D eigenvalue weighted by Crippen LogP contribution is -2.17. The maximum absolute atomic E-state index is 5.66. The largest absolute Gasteiger partial charge is 0.406 e. The molecule has 0 aliphatic heterocycles. The van der Waals surface area contributed by atoms with Crippen LogP contribution in [0.5, 0.6) is 0 Å². The molecule has 1 aliphatic carbocycles. The van der Waals surface area contributed by atoms with Crippen LogP contribution in [-0.4, -0.2) is 17.2 Å². The van der Waals surface area contributed by atoms with Gasteiger partial charge in [0.2, 0.25) is 5.89 Å². The quantitative estimate of drug-likeness (QED) is 0.896. The molecule has 2 atom stereocenters. The first-order chi connectivity index (χ1) is 9.78. The molecule has 0 bridgehead atoms. The molecule has 0 amide bonds. The molecule has 2 aromatic rings. The van der Waals surface area contributed by atoms with Crippen LogP contribution >= 0.6 is 0 Å². The highest BCUT2D eigenvalue weighted by atomic mass is 16.4. The lowest BCUT2D eigenvalue weighted by Gasteiger charge is -2.25. The number of aromatic nitrogens is 2. The monoisotopic (exact) mass is 272 g/mol. The van der Waals surface area contributed by atoms with Gasteiger partial charge in [-0.1, -0.05) is 29.4 Å². The molecular formula is C15H20N4O. The Morgan fingerprint density at radius 2 is 2.15 bits per heavy atom. The van der Waals surface area contributed by atoms with Crippen molar-refractivity contribution < 1.29 is 4.42 Å². The van der Waals surface area contributed by atoms with E-state index in [9.17, 15) is 0 Å². The van der Waals surface area contributed by atoms with E-state index in [0.29, 0.717) is 11.9 Å². The molecule has 3 rings (SSSR count). The molecule has 1 aromatic carbocycles. The number of rotatable bonds is 4. The Labute approximate surface area is 118 Å². The number of nitrogens with zero attached hydrogens (tertiary/aromatic N) is 2. The molecule has 1 heterocycles. The van der Waals surface area contributed by atoms with Crippen molar-refractivity contribution >= 4 is 6.01 Å². The minimum atomic E-state index is 0.0664. The van der Waals surface area contributed by atoms with E-state index in [1.807, 2.05) is 14.0 Å². The number of hydrogen-bond donors (Lipinski definition) is 2. The standard InChI is InChI=1S/C15H20N4O/c1-10(16-2)14-18-19-15(20-14)17-13-9-5-7-11-6-3-4-8-12(11)13/h3-4,6,8,10,13,16H,5,7,9H2,1-2H3,(H,17,19). The van der Waals surface area contributed by atoms with Crippen LogP contribution in [0.25, 0.3) is 0 Å². The Balaban J connectivity index is 1.77. The number of anilines is 1. The van der Waals surface area contributed by atoms with Crippen LogP contribution in [0.4, 0.5) is 6.01 Å². The van der Waals surface area contributed by atoms with Gasteiger partial charge in [0.25, 0.3) is 0 Å². The van der Waals surface area contributed by atoms with Gasteiger partial charge >= 0.3 is 6.01 Å². The van der Waals surface area contributed by atoms with Crippen molar-refractivity contribution in [3.8, 4) is 0 Å². The van der Waals surface area contributed by atoms with E-state index in [4.69, 9.17) is 4.42 Å². The van der Waals surface area contributed by atoms with E-state index in [1.165, 1.54) is 17.5 Å². The summed E-state index contributed by atoms with van der Waals surface area (Å²) in [5, 5.41) is 14.6. The third kappa shape index (κ3) is 2.54. The third-order valence-electron chi connectivity index (χ3n) is 3.91. The predicted octanol–water partition coefficient (Wildman–Crippen LogP) is 2.84. The van der Waals surface area contributed by atoms with E-state index < -0.39 is 0 Å². The van der Waals surface area contributed by atoms with Crippen LogP contribution in [0.1, 0.15) is 48.9 Å². The maximum Gasteiger partial charge on any atom is 0.316 e. The summed E-state index contributed by atoms with van der Waals surface area (Å²) in [5.74, 6) is 0.610. The molecule has 20 heavy (non-hydrogen) atoms. The molecule has 1 aromatic heterocycles. The summed E-state index contributed by atoms with van der Waals surface area (Å²) in [6, 6.07) is 9.39. The third-order valence-corrected chi connectivity index (χ3v) is 3.91. The highest BCUT2D eigenvalue weighted by Gasteiger charge is 2.21. The molecule has 0 saturated carbocycles. The molecule has 0 fully saturated rings. The smallest absolute Gasteiger partial charge is 0.316 e. The molecule has 2 unspecified atom stereocenters. The molecule has 106 valence electrons. The first-order valence-corrected chi connectivity index (χ1v) is 7.13. The van der Waals surface area contributed by atoms with Crippen LogP contribution in [0.3, 0.4) is 0 Å². The zero-order valence-electron chi connectivity index (χ0n) is 11.9. The minimum absolute atomic E-state index is 0.0664. The van der Waals surface area contributed by atoms with Gasteiger partial charge in [0, 0.05) is 0 Å². The van der Waals surface area contributed by atoms with E-state index in [-0.39, 0.29) is 12.1 Å². The Morgan fingerprint density at radius 1 is 1.30 bits per heavy atom. The van der Waals surface area contributed by atoms with Crippen molar-refractivity contribution in [2.24, 2.45) is 0 Å². The van der Waals surface area contributed by atoms with E-state index >= 15 is 0 Å². The molecule has 5 heteroatoms. The lowest BCUT2D eigenvalue weighted by molar-refractivity contribution is 0.435. The van der Waals surface area contributed by atoms with Gasteiger partial charge in [0.1, 0.15) is 0 Å². The molecule has 0 spiro atoms.